The van der Waals surface area contributed by atoms with Crippen molar-refractivity contribution in [1.29, 1.82) is 0 Å². The quantitative estimate of drug-likeness (QED) is 0.858. The van der Waals surface area contributed by atoms with E-state index in [1.54, 1.807) is 7.11 Å². The van der Waals surface area contributed by atoms with Gasteiger partial charge in [0.05, 0.1) is 18.3 Å². The minimum Gasteiger partial charge on any atom is -0.379 e. The van der Waals surface area contributed by atoms with E-state index >= 15 is 0 Å². The third-order valence-corrected chi connectivity index (χ3v) is 3.82. The van der Waals surface area contributed by atoms with Gasteiger partial charge < -0.3 is 15.4 Å². The molecule has 2 aromatic rings. The summed E-state index contributed by atoms with van der Waals surface area (Å²) in [5, 5.41) is 8.56. The van der Waals surface area contributed by atoms with Gasteiger partial charge in [-0.25, -0.2) is 4.98 Å². The van der Waals surface area contributed by atoms with Crippen molar-refractivity contribution in [3.63, 3.8) is 0 Å². The first-order valence-corrected chi connectivity index (χ1v) is 7.55. The van der Waals surface area contributed by atoms with E-state index in [9.17, 15) is 4.79 Å². The molecule has 1 aromatic heterocycles. The monoisotopic (exact) mass is 305 g/mol. The lowest BCUT2D eigenvalue weighted by Crippen LogP contribution is -2.06. The second-order valence-corrected chi connectivity index (χ2v) is 5.54. The van der Waals surface area contributed by atoms with Crippen molar-refractivity contribution < 1.29 is 9.53 Å². The van der Waals surface area contributed by atoms with Crippen LogP contribution in [0.5, 0.6) is 0 Å². The van der Waals surface area contributed by atoms with Gasteiger partial charge in [0, 0.05) is 25.1 Å². The van der Waals surface area contributed by atoms with Gasteiger partial charge in [0.2, 0.25) is 5.91 Å². The Bertz CT molecular complexity index is 612. The van der Waals surface area contributed by atoms with Gasteiger partial charge in [-0.2, -0.15) is 0 Å². The number of anilines is 2. The van der Waals surface area contributed by atoms with Crippen molar-refractivity contribution in [3.8, 4) is 0 Å². The van der Waals surface area contributed by atoms with Gasteiger partial charge in [-0.15, -0.1) is 11.3 Å². The summed E-state index contributed by atoms with van der Waals surface area (Å²) < 4.78 is 5.32. The summed E-state index contributed by atoms with van der Waals surface area (Å²) in [6, 6.07) is 8.11. The maximum absolute atomic E-state index is 11.0. The minimum atomic E-state index is -0.106. The second-order valence-electron chi connectivity index (χ2n) is 4.68. The van der Waals surface area contributed by atoms with E-state index in [0.717, 1.165) is 16.9 Å². The highest BCUT2D eigenvalue weighted by Crippen LogP contribution is 2.21. The standard InChI is InChI=1S/C15H19N3O2S/c1-10(20-3)12-5-4-6-13(7-12)16-8-14-9-21-15(18-14)17-11(2)19/h4-7,9-10,16H,8H2,1-3H3,(H,17,18,19)/t10-/m0/s1. The average Bonchev–Trinajstić information content (AvgIpc) is 2.91. The molecule has 0 aliphatic carbocycles. The number of ether oxygens (including phenoxy) is 1. The summed E-state index contributed by atoms with van der Waals surface area (Å²) in [6.07, 6.45) is 0.0670. The van der Waals surface area contributed by atoms with Crippen LogP contribution in [0.3, 0.4) is 0 Å². The number of rotatable bonds is 6. The number of methoxy groups -OCH3 is 1. The zero-order valence-corrected chi connectivity index (χ0v) is 13.2. The Kier molecular flexibility index (Phi) is 5.30. The minimum absolute atomic E-state index is 0.0670. The van der Waals surface area contributed by atoms with E-state index in [1.807, 2.05) is 30.5 Å². The van der Waals surface area contributed by atoms with Crippen LogP contribution in [0.4, 0.5) is 10.8 Å². The molecule has 2 N–H and O–H groups in total. The lowest BCUT2D eigenvalue weighted by Gasteiger charge is -2.12. The van der Waals surface area contributed by atoms with Crippen LogP contribution in [0.15, 0.2) is 29.6 Å². The number of carbonyl (C=O) groups excluding carboxylic acids is 1. The number of hydrogen-bond donors (Lipinski definition) is 2. The highest BCUT2D eigenvalue weighted by molar-refractivity contribution is 7.13. The number of nitrogens with zero attached hydrogens (tertiary/aromatic N) is 1. The van der Waals surface area contributed by atoms with Crippen molar-refractivity contribution in [2.45, 2.75) is 26.5 Å². The number of hydrogen-bond acceptors (Lipinski definition) is 5. The van der Waals surface area contributed by atoms with Crippen LogP contribution in [0, 0.1) is 0 Å². The molecule has 0 aliphatic heterocycles. The Morgan fingerprint density at radius 3 is 3.00 bits per heavy atom. The first-order chi connectivity index (χ1) is 10.1. The molecular weight excluding hydrogens is 286 g/mol. The smallest absolute Gasteiger partial charge is 0.223 e. The predicted molar refractivity (Wildman–Crippen MR) is 85.6 cm³/mol. The fourth-order valence-corrected chi connectivity index (χ4v) is 2.58. The van der Waals surface area contributed by atoms with Crippen LogP contribution in [0.2, 0.25) is 0 Å². The van der Waals surface area contributed by atoms with Crippen LogP contribution in [0.1, 0.15) is 31.2 Å². The summed E-state index contributed by atoms with van der Waals surface area (Å²) in [5.41, 5.74) is 3.04. The highest BCUT2D eigenvalue weighted by atomic mass is 32.1. The summed E-state index contributed by atoms with van der Waals surface area (Å²) in [7, 11) is 1.70. The molecule has 0 radical (unpaired) electrons. The number of amides is 1. The summed E-state index contributed by atoms with van der Waals surface area (Å²) in [6.45, 7) is 4.10. The van der Waals surface area contributed by atoms with Crippen molar-refractivity contribution in [1.82, 2.24) is 4.98 Å². The third kappa shape index (κ3) is 4.54. The van der Waals surface area contributed by atoms with E-state index in [2.05, 4.69) is 21.7 Å². The number of thiazole rings is 1. The van der Waals surface area contributed by atoms with Crippen LogP contribution >= 0.6 is 11.3 Å². The first kappa shape index (κ1) is 15.5. The predicted octanol–water partition coefficient (Wildman–Crippen LogP) is 3.42. The first-order valence-electron chi connectivity index (χ1n) is 6.67. The van der Waals surface area contributed by atoms with Gasteiger partial charge >= 0.3 is 0 Å². The number of aromatic nitrogens is 1. The summed E-state index contributed by atoms with van der Waals surface area (Å²) in [4.78, 5) is 15.3. The van der Waals surface area contributed by atoms with Gasteiger partial charge in [0.15, 0.2) is 5.13 Å². The van der Waals surface area contributed by atoms with Gasteiger partial charge in [-0.3, -0.25) is 4.79 Å². The summed E-state index contributed by atoms with van der Waals surface area (Å²) in [5.74, 6) is -0.106. The molecule has 6 heteroatoms. The van der Waals surface area contributed by atoms with Gasteiger partial charge in [0.25, 0.3) is 0 Å². The molecule has 0 saturated carbocycles. The van der Waals surface area contributed by atoms with Crippen molar-refractivity contribution in [2.75, 3.05) is 17.7 Å². The SMILES string of the molecule is CO[C@@H](C)c1cccc(NCc2csc(NC(C)=O)n2)c1. The van der Waals surface area contributed by atoms with Crippen molar-refractivity contribution in [2.24, 2.45) is 0 Å². The molecule has 0 spiro atoms. The molecule has 0 bridgehead atoms. The molecule has 1 aromatic carbocycles. The second kappa shape index (κ2) is 7.19. The van der Waals surface area contributed by atoms with Crippen LogP contribution < -0.4 is 10.6 Å². The van der Waals surface area contributed by atoms with Crippen molar-refractivity contribution >= 4 is 28.1 Å². The Balaban J connectivity index is 1.96. The lowest BCUT2D eigenvalue weighted by molar-refractivity contribution is -0.114. The number of nitrogens with one attached hydrogen (secondary N) is 2. The van der Waals surface area contributed by atoms with Crippen molar-refractivity contribution in [3.05, 3.63) is 40.9 Å². The molecule has 0 fully saturated rings. The fourth-order valence-electron chi connectivity index (χ4n) is 1.83. The molecule has 0 saturated heterocycles. The zero-order valence-electron chi connectivity index (χ0n) is 12.3. The van der Waals surface area contributed by atoms with E-state index in [-0.39, 0.29) is 12.0 Å². The van der Waals surface area contributed by atoms with E-state index in [4.69, 9.17) is 4.74 Å². The molecular formula is C15H19N3O2S. The molecule has 2 rings (SSSR count). The fraction of sp³-hybridized carbons (Fsp3) is 0.333. The van der Waals surface area contributed by atoms with E-state index in [0.29, 0.717) is 11.7 Å². The maximum atomic E-state index is 11.0. The average molecular weight is 305 g/mol. The summed E-state index contributed by atoms with van der Waals surface area (Å²) >= 11 is 1.42. The molecule has 5 nitrogen and oxygen atoms in total. The van der Waals surface area contributed by atoms with Crippen LogP contribution in [-0.2, 0) is 16.1 Å². The Morgan fingerprint density at radius 1 is 1.48 bits per heavy atom. The Labute approximate surface area is 128 Å². The molecule has 1 amide bonds. The van der Waals surface area contributed by atoms with Gasteiger partial charge in [-0.05, 0) is 24.6 Å². The molecule has 21 heavy (non-hydrogen) atoms. The van der Waals surface area contributed by atoms with Crippen LogP contribution in [-0.4, -0.2) is 18.0 Å². The molecule has 1 atom stereocenters. The topological polar surface area (TPSA) is 63.2 Å². The largest absolute Gasteiger partial charge is 0.379 e. The van der Waals surface area contributed by atoms with Gasteiger partial charge in [-0.1, -0.05) is 12.1 Å². The molecule has 1 heterocycles. The zero-order chi connectivity index (χ0) is 15.2. The Morgan fingerprint density at radius 2 is 2.29 bits per heavy atom. The molecule has 0 aliphatic rings. The van der Waals surface area contributed by atoms with Crippen LogP contribution in [0.25, 0.3) is 0 Å². The molecule has 0 unspecified atom stereocenters. The van der Waals surface area contributed by atoms with E-state index < -0.39 is 0 Å². The third-order valence-electron chi connectivity index (χ3n) is 3.02. The maximum Gasteiger partial charge on any atom is 0.223 e. The lowest BCUT2D eigenvalue weighted by atomic mass is 10.1. The highest BCUT2D eigenvalue weighted by Gasteiger charge is 2.06. The number of carbonyl (C=O) groups is 1. The number of benzene rings is 1. The van der Waals surface area contributed by atoms with Gasteiger partial charge in [0.1, 0.15) is 0 Å². The normalized spacial score (nSPS) is 12.0. The molecule has 112 valence electrons. The Hall–Kier alpha value is -1.92. The van der Waals surface area contributed by atoms with E-state index in [1.165, 1.54) is 18.3 Å².